The van der Waals surface area contributed by atoms with E-state index in [0.29, 0.717) is 11.3 Å². The Morgan fingerprint density at radius 3 is 2.47 bits per heavy atom. The first-order chi connectivity index (χ1) is 14.4. The molecule has 1 aromatic carbocycles. The minimum absolute atomic E-state index is 0.0629. The van der Waals surface area contributed by atoms with Crippen molar-refractivity contribution in [1.29, 1.82) is 0 Å². The number of aryl methyl sites for hydroxylation is 1. The highest BCUT2D eigenvalue weighted by Crippen LogP contribution is 2.25. The van der Waals surface area contributed by atoms with Gasteiger partial charge >= 0.3 is 0 Å². The van der Waals surface area contributed by atoms with E-state index in [1.54, 1.807) is 22.1 Å². The molecule has 0 radical (unpaired) electrons. The molecule has 154 valence electrons. The minimum atomic E-state index is -0.101. The maximum absolute atomic E-state index is 13.3. The molecule has 8 nitrogen and oxygen atoms in total. The van der Waals surface area contributed by atoms with Crippen molar-refractivity contribution in [1.82, 2.24) is 34.4 Å². The van der Waals surface area contributed by atoms with Crippen LogP contribution in [-0.2, 0) is 0 Å². The van der Waals surface area contributed by atoms with E-state index in [4.69, 9.17) is 0 Å². The van der Waals surface area contributed by atoms with Gasteiger partial charge in [-0.2, -0.15) is 10.2 Å². The molecule has 1 amide bonds. The highest BCUT2D eigenvalue weighted by atomic mass is 16.2. The van der Waals surface area contributed by atoms with Crippen LogP contribution in [-0.4, -0.2) is 47.4 Å². The number of hydrogen-bond donors (Lipinski definition) is 0. The van der Waals surface area contributed by atoms with E-state index in [1.165, 1.54) is 6.33 Å². The molecule has 0 aliphatic carbocycles. The van der Waals surface area contributed by atoms with Crippen LogP contribution in [0, 0.1) is 6.92 Å². The standard InChI is InChI=1S/C22H25N7O/c1-14(2)29-21-18(11-24-29)10-20(15(3)26-21)22(30)27(5)16(4)17-6-8-19(9-7-17)28-13-23-12-25-28/h6-14,16H,1-5H3. The maximum atomic E-state index is 13.3. The van der Waals surface area contributed by atoms with Gasteiger partial charge in [0.2, 0.25) is 0 Å². The number of carbonyl (C=O) groups is 1. The number of pyridine rings is 1. The van der Waals surface area contributed by atoms with Crippen LogP contribution < -0.4 is 0 Å². The third-order valence-electron chi connectivity index (χ3n) is 5.44. The number of carbonyl (C=O) groups excluding carboxylic acids is 1. The summed E-state index contributed by atoms with van der Waals surface area (Å²) in [6, 6.07) is 9.95. The summed E-state index contributed by atoms with van der Waals surface area (Å²) >= 11 is 0. The number of amides is 1. The summed E-state index contributed by atoms with van der Waals surface area (Å²) in [5, 5.41) is 9.42. The highest BCUT2D eigenvalue weighted by Gasteiger charge is 2.22. The molecule has 1 atom stereocenters. The summed E-state index contributed by atoms with van der Waals surface area (Å²) in [5.41, 5.74) is 4.06. The molecule has 0 saturated carbocycles. The van der Waals surface area contributed by atoms with Crippen LogP contribution in [0.3, 0.4) is 0 Å². The summed E-state index contributed by atoms with van der Waals surface area (Å²) in [5.74, 6) is -0.0629. The number of fused-ring (bicyclic) bond motifs is 1. The number of nitrogens with zero attached hydrogens (tertiary/aromatic N) is 7. The van der Waals surface area contributed by atoms with Gasteiger partial charge in [-0.25, -0.2) is 19.3 Å². The Bertz CT molecular complexity index is 1180. The van der Waals surface area contributed by atoms with E-state index in [1.807, 2.05) is 55.9 Å². The quantitative estimate of drug-likeness (QED) is 0.507. The van der Waals surface area contributed by atoms with Gasteiger partial charge in [0.05, 0.1) is 29.2 Å². The Balaban J connectivity index is 1.59. The van der Waals surface area contributed by atoms with Crippen LogP contribution in [0.25, 0.3) is 16.7 Å². The van der Waals surface area contributed by atoms with Crippen molar-refractivity contribution in [3.63, 3.8) is 0 Å². The first kappa shape index (κ1) is 19.8. The smallest absolute Gasteiger partial charge is 0.255 e. The van der Waals surface area contributed by atoms with Gasteiger partial charge in [-0.3, -0.25) is 4.79 Å². The third kappa shape index (κ3) is 3.45. The van der Waals surface area contributed by atoms with Gasteiger partial charge < -0.3 is 4.90 Å². The Labute approximate surface area is 175 Å². The zero-order valence-electron chi connectivity index (χ0n) is 17.8. The molecule has 0 spiro atoms. The van der Waals surface area contributed by atoms with Crippen molar-refractivity contribution in [3.05, 3.63) is 66.0 Å². The van der Waals surface area contributed by atoms with E-state index >= 15 is 0 Å². The van der Waals surface area contributed by atoms with Gasteiger partial charge in [-0.1, -0.05) is 12.1 Å². The lowest BCUT2D eigenvalue weighted by Crippen LogP contribution is -2.30. The Morgan fingerprint density at radius 2 is 1.83 bits per heavy atom. The number of rotatable bonds is 5. The Morgan fingerprint density at radius 1 is 1.10 bits per heavy atom. The molecule has 8 heteroatoms. The molecular formula is C22H25N7O. The number of benzene rings is 1. The van der Waals surface area contributed by atoms with Gasteiger partial charge in [-0.05, 0) is 51.5 Å². The maximum Gasteiger partial charge on any atom is 0.255 e. The summed E-state index contributed by atoms with van der Waals surface area (Å²) in [4.78, 5) is 23.6. The molecule has 1 unspecified atom stereocenters. The normalized spacial score (nSPS) is 12.5. The van der Waals surface area contributed by atoms with Crippen LogP contribution in [0.4, 0.5) is 0 Å². The van der Waals surface area contributed by atoms with Crippen LogP contribution in [0.1, 0.15) is 54.5 Å². The van der Waals surface area contributed by atoms with Crippen LogP contribution >= 0.6 is 0 Å². The van der Waals surface area contributed by atoms with Gasteiger partial charge in [-0.15, -0.1) is 0 Å². The summed E-state index contributed by atoms with van der Waals surface area (Å²) in [7, 11) is 1.82. The molecular weight excluding hydrogens is 378 g/mol. The van der Waals surface area contributed by atoms with Gasteiger partial charge in [0.15, 0.2) is 5.65 Å². The van der Waals surface area contributed by atoms with Crippen LogP contribution in [0.5, 0.6) is 0 Å². The van der Waals surface area contributed by atoms with Crippen molar-refractivity contribution in [3.8, 4) is 5.69 Å². The van der Waals surface area contributed by atoms with Crippen molar-refractivity contribution >= 4 is 16.9 Å². The van der Waals surface area contributed by atoms with Crippen LogP contribution in [0.2, 0.25) is 0 Å². The zero-order valence-corrected chi connectivity index (χ0v) is 17.8. The Hall–Kier alpha value is -3.55. The summed E-state index contributed by atoms with van der Waals surface area (Å²) < 4.78 is 3.57. The fourth-order valence-corrected chi connectivity index (χ4v) is 3.50. The number of hydrogen-bond acceptors (Lipinski definition) is 5. The molecule has 30 heavy (non-hydrogen) atoms. The average molecular weight is 403 g/mol. The molecule has 4 aromatic rings. The molecule has 3 aromatic heterocycles. The zero-order chi connectivity index (χ0) is 21.4. The molecule has 0 aliphatic heterocycles. The molecule has 0 saturated heterocycles. The van der Waals surface area contributed by atoms with Gasteiger partial charge in [0, 0.05) is 18.5 Å². The lowest BCUT2D eigenvalue weighted by Gasteiger charge is -2.26. The second kappa shape index (κ2) is 7.70. The average Bonchev–Trinajstić information content (AvgIpc) is 3.41. The van der Waals surface area contributed by atoms with E-state index in [9.17, 15) is 4.79 Å². The highest BCUT2D eigenvalue weighted by molar-refractivity contribution is 5.98. The van der Waals surface area contributed by atoms with Crippen molar-refractivity contribution in [2.45, 2.75) is 39.8 Å². The summed E-state index contributed by atoms with van der Waals surface area (Å²) in [6.07, 6.45) is 4.92. The molecule has 0 bridgehead atoms. The molecule has 0 aliphatic rings. The van der Waals surface area contributed by atoms with E-state index in [2.05, 4.69) is 34.0 Å². The van der Waals surface area contributed by atoms with E-state index in [0.717, 1.165) is 22.3 Å². The summed E-state index contributed by atoms with van der Waals surface area (Å²) in [6.45, 7) is 8.01. The van der Waals surface area contributed by atoms with Crippen molar-refractivity contribution in [2.75, 3.05) is 7.05 Å². The lowest BCUT2D eigenvalue weighted by atomic mass is 10.0. The first-order valence-electron chi connectivity index (χ1n) is 9.93. The number of aromatic nitrogens is 6. The van der Waals surface area contributed by atoms with Crippen molar-refractivity contribution in [2.24, 2.45) is 0 Å². The fourth-order valence-electron chi connectivity index (χ4n) is 3.50. The molecule has 4 rings (SSSR count). The van der Waals surface area contributed by atoms with E-state index < -0.39 is 0 Å². The fraction of sp³-hybridized carbons (Fsp3) is 0.318. The monoisotopic (exact) mass is 403 g/mol. The second-order valence-electron chi connectivity index (χ2n) is 7.74. The SMILES string of the molecule is Cc1nc2c(cnn2C(C)C)cc1C(=O)N(C)C(C)c1ccc(-n2cncn2)cc1. The topological polar surface area (TPSA) is 81.7 Å². The molecule has 3 heterocycles. The minimum Gasteiger partial charge on any atom is -0.335 e. The largest absolute Gasteiger partial charge is 0.335 e. The Kier molecular flexibility index (Phi) is 5.07. The first-order valence-corrected chi connectivity index (χ1v) is 9.93. The molecule has 0 fully saturated rings. The van der Waals surface area contributed by atoms with E-state index in [-0.39, 0.29) is 18.0 Å². The predicted octanol–water partition coefficient (Wildman–Crippen LogP) is 3.73. The molecule has 0 N–H and O–H groups in total. The third-order valence-corrected chi connectivity index (χ3v) is 5.44. The lowest BCUT2D eigenvalue weighted by molar-refractivity contribution is 0.0741. The van der Waals surface area contributed by atoms with Gasteiger partial charge in [0.25, 0.3) is 5.91 Å². The second-order valence-corrected chi connectivity index (χ2v) is 7.74. The van der Waals surface area contributed by atoms with Crippen molar-refractivity contribution < 1.29 is 4.79 Å². The van der Waals surface area contributed by atoms with Crippen LogP contribution in [0.15, 0.2) is 49.2 Å². The van der Waals surface area contributed by atoms with Gasteiger partial charge in [0.1, 0.15) is 12.7 Å². The predicted molar refractivity (Wildman–Crippen MR) is 115 cm³/mol.